The third kappa shape index (κ3) is 4.62. The van der Waals surface area contributed by atoms with Gasteiger partial charge in [-0.25, -0.2) is 0 Å². The molecule has 0 rings (SSSR count). The van der Waals surface area contributed by atoms with Crippen molar-refractivity contribution in [2.75, 3.05) is 26.2 Å². The van der Waals surface area contributed by atoms with Crippen LogP contribution in [0.1, 0.15) is 34.1 Å². The lowest BCUT2D eigenvalue weighted by atomic mass is 10.0. The number of nitrogens with one attached hydrogen (secondary N) is 1. The summed E-state index contributed by atoms with van der Waals surface area (Å²) in [5.41, 5.74) is -0.514. The Morgan fingerprint density at radius 1 is 1.40 bits per heavy atom. The van der Waals surface area contributed by atoms with Crippen LogP contribution in [-0.4, -0.2) is 47.7 Å². The van der Waals surface area contributed by atoms with E-state index in [1.165, 1.54) is 0 Å². The molecular formula is C11H24N2O2. The van der Waals surface area contributed by atoms with Crippen LogP contribution in [0.25, 0.3) is 0 Å². The number of carbonyl (C=O) groups is 1. The van der Waals surface area contributed by atoms with Gasteiger partial charge in [-0.3, -0.25) is 4.79 Å². The van der Waals surface area contributed by atoms with Crippen molar-refractivity contribution >= 4 is 5.91 Å². The highest BCUT2D eigenvalue weighted by Gasteiger charge is 2.29. The second-order valence-corrected chi connectivity index (χ2v) is 4.12. The third-order valence-electron chi connectivity index (χ3n) is 2.41. The summed E-state index contributed by atoms with van der Waals surface area (Å²) < 4.78 is 0. The standard InChI is InChI=1S/C11H24N2O2/c1-5-12-11(3,4)10(15)13(6-2)8-7-9-14/h12,14H,5-9H2,1-4H3. The molecule has 0 aliphatic heterocycles. The first-order valence-electron chi connectivity index (χ1n) is 5.64. The first-order valence-corrected chi connectivity index (χ1v) is 5.64. The highest BCUT2D eigenvalue weighted by molar-refractivity contribution is 5.85. The van der Waals surface area contributed by atoms with E-state index < -0.39 is 5.54 Å². The number of amides is 1. The molecule has 0 saturated heterocycles. The molecule has 0 aromatic heterocycles. The molecule has 0 bridgehead atoms. The molecule has 0 aromatic carbocycles. The summed E-state index contributed by atoms with van der Waals surface area (Å²) in [6, 6.07) is 0. The number of likely N-dealkylation sites (N-methyl/N-ethyl adjacent to an activating group) is 2. The average Bonchev–Trinajstić information content (AvgIpc) is 2.18. The molecule has 0 radical (unpaired) electrons. The van der Waals surface area contributed by atoms with E-state index in [9.17, 15) is 4.79 Å². The van der Waals surface area contributed by atoms with Crippen molar-refractivity contribution in [2.45, 2.75) is 39.7 Å². The minimum Gasteiger partial charge on any atom is -0.396 e. The van der Waals surface area contributed by atoms with E-state index in [0.29, 0.717) is 19.5 Å². The molecule has 0 heterocycles. The summed E-state index contributed by atoms with van der Waals surface area (Å²) >= 11 is 0. The van der Waals surface area contributed by atoms with Gasteiger partial charge in [0.1, 0.15) is 0 Å². The number of aliphatic hydroxyl groups is 1. The first kappa shape index (κ1) is 14.4. The molecule has 0 fully saturated rings. The van der Waals surface area contributed by atoms with Crippen molar-refractivity contribution in [2.24, 2.45) is 0 Å². The van der Waals surface area contributed by atoms with Crippen LogP contribution in [0.3, 0.4) is 0 Å². The van der Waals surface area contributed by atoms with Gasteiger partial charge in [0.05, 0.1) is 5.54 Å². The number of hydrogen-bond donors (Lipinski definition) is 2. The Bertz CT molecular complexity index is 193. The monoisotopic (exact) mass is 216 g/mol. The molecule has 0 spiro atoms. The fourth-order valence-corrected chi connectivity index (χ4v) is 1.58. The molecule has 0 unspecified atom stereocenters. The summed E-state index contributed by atoms with van der Waals surface area (Å²) in [6.07, 6.45) is 0.641. The normalized spacial score (nSPS) is 11.5. The second-order valence-electron chi connectivity index (χ2n) is 4.12. The Morgan fingerprint density at radius 3 is 2.40 bits per heavy atom. The van der Waals surface area contributed by atoms with Gasteiger partial charge in [-0.05, 0) is 33.7 Å². The lowest BCUT2D eigenvalue weighted by molar-refractivity contribution is -0.137. The van der Waals surface area contributed by atoms with Crippen LogP contribution in [0.5, 0.6) is 0 Å². The molecule has 4 heteroatoms. The molecule has 1 amide bonds. The van der Waals surface area contributed by atoms with Crippen LogP contribution < -0.4 is 5.32 Å². The van der Waals surface area contributed by atoms with Gasteiger partial charge in [0.2, 0.25) is 5.91 Å². The Labute approximate surface area is 92.7 Å². The zero-order valence-corrected chi connectivity index (χ0v) is 10.3. The summed E-state index contributed by atoms with van der Waals surface area (Å²) in [4.78, 5) is 13.9. The van der Waals surface area contributed by atoms with Crippen LogP contribution in [0.4, 0.5) is 0 Å². The van der Waals surface area contributed by atoms with Crippen LogP contribution in [0.2, 0.25) is 0 Å². The zero-order chi connectivity index (χ0) is 11.9. The lowest BCUT2D eigenvalue weighted by Gasteiger charge is -2.31. The largest absolute Gasteiger partial charge is 0.396 e. The number of aliphatic hydroxyl groups excluding tert-OH is 1. The van der Waals surface area contributed by atoms with Crippen molar-refractivity contribution < 1.29 is 9.90 Å². The van der Waals surface area contributed by atoms with E-state index in [1.807, 2.05) is 27.7 Å². The molecule has 15 heavy (non-hydrogen) atoms. The fraction of sp³-hybridized carbons (Fsp3) is 0.909. The summed E-state index contributed by atoms with van der Waals surface area (Å²) in [6.45, 7) is 9.94. The van der Waals surface area contributed by atoms with E-state index >= 15 is 0 Å². The Kier molecular flexibility index (Phi) is 6.52. The topological polar surface area (TPSA) is 52.6 Å². The highest BCUT2D eigenvalue weighted by atomic mass is 16.3. The highest BCUT2D eigenvalue weighted by Crippen LogP contribution is 2.08. The SMILES string of the molecule is CCNC(C)(C)C(=O)N(CC)CCCO. The van der Waals surface area contributed by atoms with E-state index in [-0.39, 0.29) is 12.5 Å². The van der Waals surface area contributed by atoms with Gasteiger partial charge < -0.3 is 15.3 Å². The molecule has 90 valence electrons. The first-order chi connectivity index (χ1) is 6.99. The summed E-state index contributed by atoms with van der Waals surface area (Å²) in [7, 11) is 0. The van der Waals surface area contributed by atoms with Crippen molar-refractivity contribution in [3.8, 4) is 0 Å². The minimum atomic E-state index is -0.514. The molecule has 4 nitrogen and oxygen atoms in total. The molecule has 2 N–H and O–H groups in total. The van der Waals surface area contributed by atoms with Gasteiger partial charge in [0, 0.05) is 19.7 Å². The van der Waals surface area contributed by atoms with Gasteiger partial charge in [-0.15, -0.1) is 0 Å². The predicted molar refractivity (Wildman–Crippen MR) is 61.7 cm³/mol. The maximum atomic E-state index is 12.1. The van der Waals surface area contributed by atoms with E-state index in [4.69, 9.17) is 5.11 Å². The van der Waals surface area contributed by atoms with Crippen LogP contribution in [-0.2, 0) is 4.79 Å². The zero-order valence-electron chi connectivity index (χ0n) is 10.3. The fourth-order valence-electron chi connectivity index (χ4n) is 1.58. The number of rotatable bonds is 7. The lowest BCUT2D eigenvalue weighted by Crippen LogP contribution is -2.54. The number of hydrogen-bond acceptors (Lipinski definition) is 3. The maximum Gasteiger partial charge on any atom is 0.242 e. The van der Waals surface area contributed by atoms with Crippen molar-refractivity contribution in [3.05, 3.63) is 0 Å². The summed E-state index contributed by atoms with van der Waals surface area (Å²) in [5, 5.41) is 11.9. The molecule has 0 saturated carbocycles. The van der Waals surface area contributed by atoms with Gasteiger partial charge in [0.25, 0.3) is 0 Å². The Balaban J connectivity index is 4.35. The Morgan fingerprint density at radius 2 is 2.00 bits per heavy atom. The minimum absolute atomic E-state index is 0.0975. The van der Waals surface area contributed by atoms with Gasteiger partial charge in [0.15, 0.2) is 0 Å². The van der Waals surface area contributed by atoms with Crippen LogP contribution in [0.15, 0.2) is 0 Å². The molecule has 0 aliphatic rings. The second kappa shape index (κ2) is 6.80. The molecule has 0 atom stereocenters. The van der Waals surface area contributed by atoms with Crippen molar-refractivity contribution in [3.63, 3.8) is 0 Å². The number of carbonyl (C=O) groups excluding carboxylic acids is 1. The van der Waals surface area contributed by atoms with E-state index in [1.54, 1.807) is 4.90 Å². The quantitative estimate of drug-likeness (QED) is 0.655. The van der Waals surface area contributed by atoms with Gasteiger partial charge >= 0.3 is 0 Å². The van der Waals surface area contributed by atoms with E-state index in [2.05, 4.69) is 5.32 Å². The predicted octanol–water partition coefficient (Wildman–Crippen LogP) is 0.605. The maximum absolute atomic E-state index is 12.1. The summed E-state index contributed by atoms with van der Waals surface area (Å²) in [5.74, 6) is 0.0975. The van der Waals surface area contributed by atoms with Crippen LogP contribution in [0, 0.1) is 0 Å². The van der Waals surface area contributed by atoms with E-state index in [0.717, 1.165) is 6.54 Å². The Hall–Kier alpha value is -0.610. The molecular weight excluding hydrogens is 192 g/mol. The average molecular weight is 216 g/mol. The van der Waals surface area contributed by atoms with Crippen molar-refractivity contribution in [1.82, 2.24) is 10.2 Å². The number of nitrogens with zero attached hydrogens (tertiary/aromatic N) is 1. The van der Waals surface area contributed by atoms with Gasteiger partial charge in [-0.2, -0.15) is 0 Å². The third-order valence-corrected chi connectivity index (χ3v) is 2.41. The molecule has 0 aliphatic carbocycles. The van der Waals surface area contributed by atoms with Crippen LogP contribution >= 0.6 is 0 Å². The van der Waals surface area contributed by atoms with Crippen molar-refractivity contribution in [1.29, 1.82) is 0 Å². The smallest absolute Gasteiger partial charge is 0.242 e. The molecule has 0 aromatic rings. The van der Waals surface area contributed by atoms with Gasteiger partial charge in [-0.1, -0.05) is 6.92 Å².